The predicted octanol–water partition coefficient (Wildman–Crippen LogP) is 4.81. The van der Waals surface area contributed by atoms with Gasteiger partial charge in [0.2, 0.25) is 0 Å². The highest BCUT2D eigenvalue weighted by Crippen LogP contribution is 2.38. The maximum Gasteiger partial charge on any atom is 0.354 e. The molecule has 182 valence electrons. The summed E-state index contributed by atoms with van der Waals surface area (Å²) < 4.78 is 14.7. The van der Waals surface area contributed by atoms with Crippen LogP contribution in [-0.4, -0.2) is 66.6 Å². The number of nitrogens with zero attached hydrogens (tertiary/aromatic N) is 3. The molecule has 4 rings (SSSR count). The Balaban J connectivity index is 1.69. The van der Waals surface area contributed by atoms with Gasteiger partial charge in [-0.15, -0.1) is 0 Å². The Morgan fingerprint density at radius 3 is 2.47 bits per heavy atom. The number of rotatable bonds is 9. The van der Waals surface area contributed by atoms with Crippen LogP contribution in [-0.2, 0) is 0 Å². The quantitative estimate of drug-likeness (QED) is 0.459. The zero-order valence-corrected chi connectivity index (χ0v) is 19.9. The molecule has 1 aromatic heterocycles. The van der Waals surface area contributed by atoms with Gasteiger partial charge in [-0.2, -0.15) is 0 Å². The summed E-state index contributed by atoms with van der Waals surface area (Å²) in [5.41, 5.74) is 2.61. The van der Waals surface area contributed by atoms with Crippen LogP contribution in [0.2, 0.25) is 0 Å². The topological polar surface area (TPSA) is 92.6 Å². The fourth-order valence-electron chi connectivity index (χ4n) is 4.81. The number of aromatic carboxylic acids is 1. The third-order valence-corrected chi connectivity index (χ3v) is 6.97. The summed E-state index contributed by atoms with van der Waals surface area (Å²) in [5, 5.41) is 22.0. The molecule has 0 bridgehead atoms. The van der Waals surface area contributed by atoms with E-state index in [1.165, 1.54) is 0 Å². The molecule has 2 heterocycles. The number of para-hydroxylation sites is 1. The largest absolute Gasteiger partial charge is 0.477 e. The molecule has 1 aromatic carbocycles. The normalized spacial score (nSPS) is 17.9. The minimum atomic E-state index is -1.11. The summed E-state index contributed by atoms with van der Waals surface area (Å²) in [5.74, 6) is -0.573. The van der Waals surface area contributed by atoms with Gasteiger partial charge in [0.05, 0.1) is 11.3 Å². The maximum absolute atomic E-state index is 14.7. The summed E-state index contributed by atoms with van der Waals surface area (Å²) in [6.45, 7) is 1.65. The van der Waals surface area contributed by atoms with E-state index in [0.29, 0.717) is 55.3 Å². The molecule has 1 aliphatic carbocycles. The second-order valence-electron chi connectivity index (χ2n) is 9.69. The molecular weight excluding hydrogens is 433 g/mol. The lowest BCUT2D eigenvalue weighted by Crippen LogP contribution is -2.40. The number of hydrogen-bond donors (Lipinski definition) is 3. The molecule has 0 spiro atoms. The lowest BCUT2D eigenvalue weighted by atomic mass is 9.78. The number of aromatic nitrogens is 1. The van der Waals surface area contributed by atoms with Crippen LogP contribution in [0.25, 0.3) is 0 Å². The minimum Gasteiger partial charge on any atom is -0.477 e. The first-order chi connectivity index (χ1) is 16.3. The third-order valence-electron chi connectivity index (χ3n) is 6.97. The van der Waals surface area contributed by atoms with Gasteiger partial charge in [-0.1, -0.05) is 24.6 Å². The van der Waals surface area contributed by atoms with Crippen LogP contribution in [0.4, 0.5) is 21.6 Å². The summed E-state index contributed by atoms with van der Waals surface area (Å²) >= 11 is 0. The first-order valence-electron chi connectivity index (χ1n) is 12.1. The SMILES string of the molecule is CN(C)C[C@@H](F)C1CCN(c2cc(C(=O)O)nc(Nc3ccccc3)c2C(=N)C2CCC2)CC1. The van der Waals surface area contributed by atoms with Crippen molar-refractivity contribution in [3.05, 3.63) is 47.7 Å². The van der Waals surface area contributed by atoms with E-state index >= 15 is 0 Å². The monoisotopic (exact) mass is 467 g/mol. The van der Waals surface area contributed by atoms with Crippen molar-refractivity contribution in [1.82, 2.24) is 9.88 Å². The second-order valence-corrected chi connectivity index (χ2v) is 9.69. The Hall–Kier alpha value is -3.00. The Bertz CT molecular complexity index is 1020. The first-order valence-corrected chi connectivity index (χ1v) is 12.1. The number of carboxylic acid groups (broad SMARTS) is 1. The summed E-state index contributed by atoms with van der Waals surface area (Å²) in [4.78, 5) is 20.4. The second kappa shape index (κ2) is 10.5. The molecule has 0 amide bonds. The zero-order chi connectivity index (χ0) is 24.2. The van der Waals surface area contributed by atoms with Crippen molar-refractivity contribution in [2.75, 3.05) is 43.9 Å². The Labute approximate surface area is 200 Å². The number of nitrogens with one attached hydrogen (secondary N) is 2. The molecule has 2 fully saturated rings. The smallest absolute Gasteiger partial charge is 0.354 e. The Kier molecular flexibility index (Phi) is 7.46. The Morgan fingerprint density at radius 1 is 1.24 bits per heavy atom. The summed E-state index contributed by atoms with van der Waals surface area (Å²) in [6.07, 6.45) is 3.51. The number of carbonyl (C=O) groups is 1. The molecule has 0 radical (unpaired) electrons. The van der Waals surface area contributed by atoms with Crippen molar-refractivity contribution in [3.63, 3.8) is 0 Å². The summed E-state index contributed by atoms with van der Waals surface area (Å²) in [7, 11) is 3.76. The lowest BCUT2D eigenvalue weighted by molar-refractivity contribution is 0.0690. The van der Waals surface area contributed by atoms with Crippen LogP contribution in [0.5, 0.6) is 0 Å². The molecule has 1 atom stereocenters. The van der Waals surface area contributed by atoms with Gasteiger partial charge >= 0.3 is 5.97 Å². The third kappa shape index (κ3) is 5.38. The van der Waals surface area contributed by atoms with E-state index in [1.807, 2.05) is 49.3 Å². The van der Waals surface area contributed by atoms with E-state index < -0.39 is 12.1 Å². The number of alkyl halides is 1. The number of piperidine rings is 1. The van der Waals surface area contributed by atoms with Gasteiger partial charge in [0.25, 0.3) is 0 Å². The van der Waals surface area contributed by atoms with Crippen molar-refractivity contribution < 1.29 is 14.3 Å². The Morgan fingerprint density at radius 2 is 1.91 bits per heavy atom. The fraction of sp³-hybridized carbons (Fsp3) is 0.500. The molecule has 34 heavy (non-hydrogen) atoms. The molecule has 1 saturated carbocycles. The van der Waals surface area contributed by atoms with E-state index in [9.17, 15) is 14.3 Å². The van der Waals surface area contributed by atoms with Crippen LogP contribution < -0.4 is 10.2 Å². The zero-order valence-electron chi connectivity index (χ0n) is 19.9. The van der Waals surface area contributed by atoms with Crippen molar-refractivity contribution in [2.45, 2.75) is 38.3 Å². The van der Waals surface area contributed by atoms with E-state index in [4.69, 9.17) is 5.41 Å². The molecule has 1 saturated heterocycles. The predicted molar refractivity (Wildman–Crippen MR) is 133 cm³/mol. The first kappa shape index (κ1) is 24.1. The molecule has 2 aromatic rings. The van der Waals surface area contributed by atoms with Gasteiger partial charge in [-0.25, -0.2) is 14.2 Å². The lowest BCUT2D eigenvalue weighted by Gasteiger charge is -2.38. The minimum absolute atomic E-state index is 0.0177. The van der Waals surface area contributed by atoms with E-state index in [0.717, 1.165) is 24.9 Å². The maximum atomic E-state index is 14.7. The van der Waals surface area contributed by atoms with Gasteiger partial charge in [0.15, 0.2) is 5.69 Å². The molecule has 2 aliphatic rings. The molecular formula is C26H34FN5O2. The average molecular weight is 468 g/mol. The molecule has 1 aliphatic heterocycles. The van der Waals surface area contributed by atoms with Gasteiger partial charge < -0.3 is 25.6 Å². The number of benzene rings is 1. The van der Waals surface area contributed by atoms with Crippen LogP contribution >= 0.6 is 0 Å². The number of pyridine rings is 1. The highest BCUT2D eigenvalue weighted by molar-refractivity contribution is 6.10. The van der Waals surface area contributed by atoms with E-state index in [-0.39, 0.29) is 17.5 Å². The standard InChI is InChI=1S/C26H34FN5O2/c1-31(2)16-20(27)17-11-13-32(14-12-17)22-15-21(26(33)34)30-25(29-19-9-4-3-5-10-19)23(22)24(28)18-7-6-8-18/h3-5,9-10,15,17-18,20,28H,6-8,11-14,16H2,1-2H3,(H,29,30)(H,33,34)/t20-/m1/s1. The van der Waals surface area contributed by atoms with Crippen molar-refractivity contribution >= 4 is 28.9 Å². The summed E-state index contributed by atoms with van der Waals surface area (Å²) in [6, 6.07) is 11.1. The van der Waals surface area contributed by atoms with E-state index in [2.05, 4.69) is 15.2 Å². The number of anilines is 3. The molecule has 0 unspecified atom stereocenters. The van der Waals surface area contributed by atoms with Crippen LogP contribution in [0.15, 0.2) is 36.4 Å². The van der Waals surface area contributed by atoms with Gasteiger partial charge in [0, 0.05) is 37.0 Å². The van der Waals surface area contributed by atoms with Crippen LogP contribution in [0.3, 0.4) is 0 Å². The average Bonchev–Trinajstić information content (AvgIpc) is 2.77. The number of hydrogen-bond acceptors (Lipinski definition) is 6. The molecule has 7 nitrogen and oxygen atoms in total. The molecule has 3 N–H and O–H groups in total. The fourth-order valence-corrected chi connectivity index (χ4v) is 4.81. The van der Waals surface area contributed by atoms with Crippen LogP contribution in [0.1, 0.15) is 48.2 Å². The van der Waals surface area contributed by atoms with Gasteiger partial charge in [0.1, 0.15) is 12.0 Å². The van der Waals surface area contributed by atoms with Gasteiger partial charge in [-0.3, -0.25) is 0 Å². The highest BCUT2D eigenvalue weighted by Gasteiger charge is 2.33. The van der Waals surface area contributed by atoms with Gasteiger partial charge in [-0.05, 0) is 63.9 Å². The van der Waals surface area contributed by atoms with E-state index in [1.54, 1.807) is 6.07 Å². The van der Waals surface area contributed by atoms with Crippen molar-refractivity contribution in [1.29, 1.82) is 5.41 Å². The number of halogens is 1. The van der Waals surface area contributed by atoms with Crippen molar-refractivity contribution in [3.8, 4) is 0 Å². The number of carboxylic acids is 1. The van der Waals surface area contributed by atoms with Crippen LogP contribution in [0, 0.1) is 17.2 Å². The molecule has 8 heteroatoms. The highest BCUT2D eigenvalue weighted by atomic mass is 19.1. The van der Waals surface area contributed by atoms with Crippen molar-refractivity contribution in [2.24, 2.45) is 11.8 Å².